The molecule has 0 bridgehead atoms. The van der Waals surface area contributed by atoms with Gasteiger partial charge in [-0.15, -0.1) is 0 Å². The van der Waals surface area contributed by atoms with Crippen molar-refractivity contribution in [1.82, 2.24) is 0 Å². The van der Waals surface area contributed by atoms with Crippen LogP contribution < -0.4 is 0 Å². The van der Waals surface area contributed by atoms with Gasteiger partial charge in [-0.05, 0) is 0 Å². The van der Waals surface area contributed by atoms with E-state index in [1.54, 1.807) is 33.4 Å². The maximum atomic E-state index is 2.65. The van der Waals surface area contributed by atoms with Gasteiger partial charge in [0.25, 0.3) is 0 Å². The molecule has 4 heteroatoms. The van der Waals surface area contributed by atoms with E-state index < -0.39 is 17.4 Å². The van der Waals surface area contributed by atoms with Gasteiger partial charge >= 0.3 is 374 Å². The summed E-state index contributed by atoms with van der Waals surface area (Å²) in [5.74, 6) is 4.58. The molecule has 314 valence electrons. The molecule has 6 fully saturated rings. The van der Waals surface area contributed by atoms with Gasteiger partial charge in [0, 0.05) is 0 Å². The van der Waals surface area contributed by atoms with Crippen LogP contribution in [0.4, 0.5) is 0 Å². The van der Waals surface area contributed by atoms with Crippen molar-refractivity contribution in [2.75, 3.05) is 0 Å². The first-order valence-electron chi connectivity index (χ1n) is 25.0. The molecule has 0 radical (unpaired) electrons. The van der Waals surface area contributed by atoms with Crippen LogP contribution in [0.15, 0.2) is 69.3 Å². The molecule has 0 nitrogen and oxygen atoms in total. The number of rotatable bonds is 12. The summed E-state index contributed by atoms with van der Waals surface area (Å²) in [6, 6.07) is 23.4. The molecule has 0 spiro atoms. The first-order valence-corrected chi connectivity index (χ1v) is 40.1. The monoisotopic (exact) mass is 1030 g/mol. The Morgan fingerprint density at radius 1 is 0.259 bits per heavy atom. The summed E-state index contributed by atoms with van der Waals surface area (Å²) in [6.45, 7) is 0. The summed E-state index contributed by atoms with van der Waals surface area (Å²) >= 11 is -2.61. The van der Waals surface area contributed by atoms with Crippen LogP contribution in [0.3, 0.4) is 0 Å². The molecular formula is C54H75BiS3. The molecule has 3 aromatic rings. The second-order valence-electron chi connectivity index (χ2n) is 19.8. The fraction of sp³-hybridized carbons (Fsp3) is 0.667. The summed E-state index contributed by atoms with van der Waals surface area (Å²) in [5.41, 5.74) is 10.7. The van der Waals surface area contributed by atoms with E-state index in [4.69, 9.17) is 0 Å². The molecule has 0 aliphatic heterocycles. The molecule has 0 aromatic heterocycles. The number of hydrogen-bond acceptors (Lipinski definition) is 3. The van der Waals surface area contributed by atoms with Crippen molar-refractivity contribution < 1.29 is 0 Å². The first kappa shape index (κ1) is 42.9. The number of hydrogen-bond donors (Lipinski definition) is 0. The van der Waals surface area contributed by atoms with Crippen molar-refractivity contribution in [2.24, 2.45) is 0 Å². The fourth-order valence-corrected chi connectivity index (χ4v) is 43.9. The third-order valence-electron chi connectivity index (χ3n) is 16.0. The van der Waals surface area contributed by atoms with Crippen molar-refractivity contribution in [2.45, 2.75) is 243 Å². The second-order valence-corrected chi connectivity index (χ2v) is 45.4. The molecule has 0 N–H and O–H groups in total. The molecule has 0 unspecified atom stereocenters. The second kappa shape index (κ2) is 21.8. The van der Waals surface area contributed by atoms with E-state index in [1.165, 1.54) is 193 Å². The Labute approximate surface area is 370 Å². The standard InChI is InChI=1S/3C18H26S.Bi/c3*19-18-16(14-8-3-1-4-9-14)12-7-13-17(18)15-10-5-2-6-11-15;/h3*7,12-15,19H,1-6,8-11H2;/q;;;+3/p-3. The van der Waals surface area contributed by atoms with Gasteiger partial charge in [-0.25, -0.2) is 0 Å². The van der Waals surface area contributed by atoms with Gasteiger partial charge in [0.05, 0.1) is 0 Å². The molecule has 6 aliphatic rings. The van der Waals surface area contributed by atoms with Crippen molar-refractivity contribution in [1.29, 1.82) is 0 Å². The predicted octanol–water partition coefficient (Wildman–Crippen LogP) is 18.6. The van der Waals surface area contributed by atoms with Crippen LogP contribution in [-0.2, 0) is 0 Å². The SMILES string of the molecule is c1cc(C2CCCCC2)c([S][Bi]([S]c2c(C3CCCCC3)cccc2C2CCCCC2)[S]c2c(C3CCCCC3)cccc2C2CCCCC2)c(C2CCCCC2)c1. The molecule has 0 atom stereocenters. The topological polar surface area (TPSA) is 0 Å². The van der Waals surface area contributed by atoms with E-state index in [0.717, 1.165) is 35.5 Å². The van der Waals surface area contributed by atoms with Crippen LogP contribution in [0.1, 0.15) is 262 Å². The average molecular weight is 1030 g/mol. The third-order valence-corrected chi connectivity index (χ3v) is 41.8. The summed E-state index contributed by atoms with van der Waals surface area (Å²) in [6.07, 6.45) is 42.7. The van der Waals surface area contributed by atoms with Crippen LogP contribution in [0.25, 0.3) is 0 Å². The Kier molecular flexibility index (Phi) is 16.1. The van der Waals surface area contributed by atoms with E-state index in [0.29, 0.717) is 0 Å². The molecule has 0 amide bonds. The van der Waals surface area contributed by atoms with E-state index >= 15 is 0 Å². The molecule has 9 rings (SSSR count). The zero-order chi connectivity index (χ0) is 38.9. The summed E-state index contributed by atoms with van der Waals surface area (Å²) in [4.78, 5) is 5.47. The molecular weight excluding hydrogens is 954 g/mol. The minimum atomic E-state index is -2.61. The van der Waals surface area contributed by atoms with Gasteiger partial charge in [-0.1, -0.05) is 0 Å². The minimum absolute atomic E-state index is 0.764. The quantitative estimate of drug-likeness (QED) is 0.166. The van der Waals surface area contributed by atoms with Crippen molar-refractivity contribution in [3.8, 4) is 0 Å². The maximum absolute atomic E-state index is 2.65. The molecule has 58 heavy (non-hydrogen) atoms. The van der Waals surface area contributed by atoms with Crippen LogP contribution in [-0.4, -0.2) is 17.4 Å². The predicted molar refractivity (Wildman–Crippen MR) is 258 cm³/mol. The van der Waals surface area contributed by atoms with Gasteiger partial charge < -0.3 is 0 Å². The Hall–Kier alpha value is -0.407. The molecule has 6 saturated carbocycles. The Morgan fingerprint density at radius 3 is 0.603 bits per heavy atom. The van der Waals surface area contributed by atoms with E-state index in [2.05, 4.69) is 80.2 Å². The normalized spacial score (nSPS) is 23.1. The van der Waals surface area contributed by atoms with Crippen molar-refractivity contribution in [3.63, 3.8) is 0 Å². The molecule has 0 heterocycles. The van der Waals surface area contributed by atoms with Crippen LogP contribution >= 0.6 is 25.6 Å². The van der Waals surface area contributed by atoms with Gasteiger partial charge in [-0.2, -0.15) is 0 Å². The van der Waals surface area contributed by atoms with Gasteiger partial charge in [-0.3, -0.25) is 0 Å². The zero-order valence-corrected chi connectivity index (χ0v) is 42.0. The Balaban J connectivity index is 1.18. The van der Waals surface area contributed by atoms with Crippen molar-refractivity contribution >= 4 is 42.9 Å². The summed E-state index contributed by atoms with van der Waals surface area (Å²) < 4.78 is 0. The molecule has 6 aliphatic carbocycles. The Bertz CT molecular complexity index is 1420. The third kappa shape index (κ3) is 10.5. The van der Waals surface area contributed by atoms with E-state index in [-0.39, 0.29) is 0 Å². The fourth-order valence-electron chi connectivity index (χ4n) is 12.7. The Morgan fingerprint density at radius 2 is 0.431 bits per heavy atom. The van der Waals surface area contributed by atoms with Gasteiger partial charge in [0.2, 0.25) is 0 Å². The van der Waals surface area contributed by atoms with E-state index in [9.17, 15) is 0 Å². The van der Waals surface area contributed by atoms with Crippen molar-refractivity contribution in [3.05, 3.63) is 88.0 Å². The number of benzene rings is 3. The molecule has 0 saturated heterocycles. The van der Waals surface area contributed by atoms with Crippen LogP contribution in [0.5, 0.6) is 0 Å². The van der Waals surface area contributed by atoms with Crippen LogP contribution in [0.2, 0.25) is 0 Å². The van der Waals surface area contributed by atoms with Crippen LogP contribution in [0, 0.1) is 0 Å². The van der Waals surface area contributed by atoms with E-state index in [1.807, 2.05) is 14.7 Å². The van der Waals surface area contributed by atoms with Gasteiger partial charge in [0.1, 0.15) is 0 Å². The molecule has 3 aromatic carbocycles. The zero-order valence-electron chi connectivity index (χ0n) is 36.0. The average Bonchev–Trinajstić information content (AvgIpc) is 3.31. The summed E-state index contributed by atoms with van der Waals surface area (Å²) in [7, 11) is 7.71. The summed E-state index contributed by atoms with van der Waals surface area (Å²) in [5, 5.41) is 0. The van der Waals surface area contributed by atoms with Gasteiger partial charge in [0.15, 0.2) is 0 Å². The first-order chi connectivity index (χ1) is 28.8.